The Morgan fingerprint density at radius 2 is 1.92 bits per heavy atom. The summed E-state index contributed by atoms with van der Waals surface area (Å²) in [5, 5.41) is 23.8. The van der Waals surface area contributed by atoms with E-state index in [0.29, 0.717) is 31.3 Å². The molecule has 3 fully saturated rings. The predicted molar refractivity (Wildman–Crippen MR) is 135 cm³/mol. The number of ether oxygens (including phenoxy) is 3. The number of aliphatic hydroxyl groups excluding tert-OH is 1. The fraction of sp³-hybridized carbons (Fsp3) is 0.700. The molecule has 1 saturated heterocycles. The molecular weight excluding hydrogens is 488 g/mol. The zero-order chi connectivity index (χ0) is 27.6. The van der Waals surface area contributed by atoms with Gasteiger partial charge in [0.05, 0.1) is 11.5 Å². The first-order valence-electron chi connectivity index (χ1n) is 13.8. The van der Waals surface area contributed by atoms with Crippen molar-refractivity contribution in [2.75, 3.05) is 0 Å². The standard InChI is InChI=1S/C30H38O8/c1-14-11-21(37-26(34)15(14)2)16(3)19-12-24(36-17(4)31)29(35)20-13-25-30(38-25)23(33)8-7-22(32)28(30,6)18(20)9-10-27(19,29)5/h7-8,12,16,18,20-21,23-25,33,35H,9-11,13H2,1-6H3/t16-,18?,20?,21+,23-,24-,25+,27+,28-,29+,30+/m0/s1. The van der Waals surface area contributed by atoms with Gasteiger partial charge in [0.1, 0.15) is 29.5 Å². The molecule has 0 aromatic heterocycles. The number of allylic oxidation sites excluding steroid dienone is 1. The molecule has 0 aromatic rings. The van der Waals surface area contributed by atoms with E-state index in [4.69, 9.17) is 14.2 Å². The maximum absolute atomic E-state index is 13.5. The van der Waals surface area contributed by atoms with Gasteiger partial charge in [0.15, 0.2) is 5.78 Å². The number of aliphatic hydroxyl groups is 2. The number of carbonyl (C=O) groups excluding carboxylic acids is 3. The predicted octanol–water partition coefficient (Wildman–Crippen LogP) is 2.96. The van der Waals surface area contributed by atoms with Crippen LogP contribution in [0.15, 0.2) is 34.9 Å². The highest BCUT2D eigenvalue weighted by Gasteiger charge is 2.82. The van der Waals surface area contributed by atoms with Crippen LogP contribution >= 0.6 is 0 Å². The molecule has 2 unspecified atom stereocenters. The first kappa shape index (κ1) is 26.0. The zero-order valence-corrected chi connectivity index (χ0v) is 22.9. The summed E-state index contributed by atoms with van der Waals surface area (Å²) in [6.07, 6.45) is 4.53. The van der Waals surface area contributed by atoms with Crippen molar-refractivity contribution in [2.24, 2.45) is 28.6 Å². The van der Waals surface area contributed by atoms with Gasteiger partial charge in [-0.05, 0) is 70.1 Å². The number of cyclic esters (lactones) is 1. The molecule has 206 valence electrons. The zero-order valence-electron chi connectivity index (χ0n) is 22.9. The quantitative estimate of drug-likeness (QED) is 0.327. The van der Waals surface area contributed by atoms with E-state index in [2.05, 4.69) is 0 Å². The fourth-order valence-corrected chi connectivity index (χ4v) is 9.14. The summed E-state index contributed by atoms with van der Waals surface area (Å²) in [4.78, 5) is 38.3. The molecule has 0 bridgehead atoms. The molecule has 0 radical (unpaired) electrons. The Bertz CT molecular complexity index is 1230. The highest BCUT2D eigenvalue weighted by atomic mass is 16.6. The van der Waals surface area contributed by atoms with Gasteiger partial charge in [-0.1, -0.05) is 25.0 Å². The van der Waals surface area contributed by atoms with Crippen molar-refractivity contribution in [1.29, 1.82) is 0 Å². The summed E-state index contributed by atoms with van der Waals surface area (Å²) in [7, 11) is 0. The molecule has 2 aliphatic heterocycles. The summed E-state index contributed by atoms with van der Waals surface area (Å²) in [6.45, 7) is 10.9. The number of esters is 2. The van der Waals surface area contributed by atoms with Crippen molar-refractivity contribution >= 4 is 17.7 Å². The average molecular weight is 527 g/mol. The molecule has 0 aromatic carbocycles. The lowest BCUT2D eigenvalue weighted by Crippen LogP contribution is -2.70. The second-order valence-electron chi connectivity index (χ2n) is 12.9. The van der Waals surface area contributed by atoms with Gasteiger partial charge >= 0.3 is 11.9 Å². The molecule has 2 heterocycles. The van der Waals surface area contributed by atoms with Crippen LogP contribution in [0.2, 0.25) is 0 Å². The summed E-state index contributed by atoms with van der Waals surface area (Å²) >= 11 is 0. The summed E-state index contributed by atoms with van der Waals surface area (Å²) in [5.41, 5.74) is -1.70. The third-order valence-corrected chi connectivity index (χ3v) is 11.5. The van der Waals surface area contributed by atoms with Crippen molar-refractivity contribution in [3.63, 3.8) is 0 Å². The van der Waals surface area contributed by atoms with Crippen LogP contribution < -0.4 is 0 Å². The molecule has 6 aliphatic rings. The van der Waals surface area contributed by atoms with E-state index in [-0.39, 0.29) is 29.7 Å². The molecule has 2 N–H and O–H groups in total. The SMILES string of the molecule is CC(=O)O[C@H]1C=C([C@H](C)[C@H]2CC(C)=C(C)C(=O)O2)[C@@]2(C)CCC3C(C[C@H]4O[C@]45[C@@H](O)C=CC(=O)[C@]35C)[C@@]12O. The van der Waals surface area contributed by atoms with E-state index in [0.717, 1.165) is 11.1 Å². The van der Waals surface area contributed by atoms with Crippen molar-refractivity contribution in [2.45, 2.75) is 103 Å². The first-order chi connectivity index (χ1) is 17.7. The summed E-state index contributed by atoms with van der Waals surface area (Å²) in [5.74, 6) is -1.81. The van der Waals surface area contributed by atoms with Gasteiger partial charge in [-0.3, -0.25) is 9.59 Å². The number of fused-ring (bicyclic) bond motifs is 4. The molecule has 6 rings (SSSR count). The first-order valence-corrected chi connectivity index (χ1v) is 13.8. The Labute approximate surface area is 223 Å². The Morgan fingerprint density at radius 3 is 2.58 bits per heavy atom. The Morgan fingerprint density at radius 1 is 1.21 bits per heavy atom. The molecule has 38 heavy (non-hydrogen) atoms. The second kappa shape index (κ2) is 7.89. The van der Waals surface area contributed by atoms with E-state index in [1.54, 1.807) is 6.92 Å². The van der Waals surface area contributed by atoms with Crippen LogP contribution in [-0.4, -0.2) is 63.6 Å². The van der Waals surface area contributed by atoms with E-state index in [1.165, 1.54) is 19.1 Å². The number of hydrogen-bond donors (Lipinski definition) is 2. The Kier molecular flexibility index (Phi) is 5.39. The number of epoxide rings is 1. The highest BCUT2D eigenvalue weighted by Crippen LogP contribution is 2.73. The average Bonchev–Trinajstić information content (AvgIpc) is 3.55. The minimum atomic E-state index is -1.49. The lowest BCUT2D eigenvalue weighted by molar-refractivity contribution is -0.224. The molecule has 4 aliphatic carbocycles. The molecule has 8 nitrogen and oxygen atoms in total. The highest BCUT2D eigenvalue weighted by molar-refractivity contribution is 5.98. The minimum absolute atomic E-state index is 0.0949. The van der Waals surface area contributed by atoms with Crippen molar-refractivity contribution < 1.29 is 38.8 Å². The monoisotopic (exact) mass is 526 g/mol. The van der Waals surface area contributed by atoms with Crippen molar-refractivity contribution in [3.8, 4) is 0 Å². The largest absolute Gasteiger partial charge is 0.458 e. The summed E-state index contributed by atoms with van der Waals surface area (Å²) in [6, 6.07) is 0. The normalized spacial score (nSPS) is 49.7. The van der Waals surface area contributed by atoms with Crippen molar-refractivity contribution in [3.05, 3.63) is 34.9 Å². The summed E-state index contributed by atoms with van der Waals surface area (Å²) < 4.78 is 17.8. The van der Waals surface area contributed by atoms with E-state index >= 15 is 0 Å². The molecule has 8 heteroatoms. The number of ketones is 1. The van der Waals surface area contributed by atoms with E-state index in [1.807, 2.05) is 33.8 Å². The molecule has 1 spiro atoms. The van der Waals surface area contributed by atoms with Gasteiger partial charge in [0.2, 0.25) is 0 Å². The lowest BCUT2D eigenvalue weighted by Gasteiger charge is -2.61. The van der Waals surface area contributed by atoms with E-state index < -0.39 is 52.2 Å². The van der Waals surface area contributed by atoms with E-state index in [9.17, 15) is 24.6 Å². The van der Waals surface area contributed by atoms with Crippen molar-refractivity contribution in [1.82, 2.24) is 0 Å². The number of hydrogen-bond acceptors (Lipinski definition) is 8. The Hall–Kier alpha value is -2.29. The third-order valence-electron chi connectivity index (χ3n) is 11.5. The van der Waals surface area contributed by atoms with Gasteiger partial charge in [-0.25, -0.2) is 4.79 Å². The van der Waals surface area contributed by atoms with Crippen LogP contribution in [0.3, 0.4) is 0 Å². The maximum atomic E-state index is 13.5. The van der Waals surface area contributed by atoms with Gasteiger partial charge in [0.25, 0.3) is 0 Å². The van der Waals surface area contributed by atoms with Crippen LogP contribution in [0.5, 0.6) is 0 Å². The maximum Gasteiger partial charge on any atom is 0.333 e. The van der Waals surface area contributed by atoms with Gasteiger partial charge in [-0.2, -0.15) is 0 Å². The minimum Gasteiger partial charge on any atom is -0.458 e. The third kappa shape index (κ3) is 2.89. The molecular formula is C30H38O8. The van der Waals surface area contributed by atoms with Gasteiger partial charge in [0, 0.05) is 30.3 Å². The number of carbonyl (C=O) groups is 3. The van der Waals surface area contributed by atoms with Crippen LogP contribution in [0.1, 0.15) is 67.2 Å². The lowest BCUT2D eigenvalue weighted by atomic mass is 9.42. The smallest absolute Gasteiger partial charge is 0.333 e. The topological polar surface area (TPSA) is 123 Å². The van der Waals surface area contributed by atoms with Gasteiger partial charge in [-0.15, -0.1) is 0 Å². The van der Waals surface area contributed by atoms with Crippen LogP contribution in [-0.2, 0) is 28.6 Å². The molecule has 0 amide bonds. The molecule has 11 atom stereocenters. The second-order valence-corrected chi connectivity index (χ2v) is 12.9. The fourth-order valence-electron chi connectivity index (χ4n) is 9.14. The number of rotatable bonds is 3. The molecule has 2 saturated carbocycles. The van der Waals surface area contributed by atoms with Gasteiger partial charge < -0.3 is 24.4 Å². The van der Waals surface area contributed by atoms with Crippen LogP contribution in [0.25, 0.3) is 0 Å². The van der Waals surface area contributed by atoms with Crippen LogP contribution in [0.4, 0.5) is 0 Å². The van der Waals surface area contributed by atoms with Crippen LogP contribution in [0, 0.1) is 28.6 Å². The Balaban J connectivity index is 1.42.